The SMILES string of the molecule is C=C1Nc2ncccc2C12Cc1ccc(Br)cc1C2. The van der Waals surface area contributed by atoms with Crippen LogP contribution in [0.1, 0.15) is 16.7 Å². The number of rotatable bonds is 0. The Labute approximate surface area is 120 Å². The molecule has 1 aliphatic carbocycles. The van der Waals surface area contributed by atoms with E-state index < -0.39 is 0 Å². The zero-order valence-corrected chi connectivity index (χ0v) is 12.0. The normalized spacial score (nSPS) is 23.3. The number of hydrogen-bond donors (Lipinski definition) is 1. The molecule has 0 radical (unpaired) electrons. The van der Waals surface area contributed by atoms with Gasteiger partial charge in [-0.25, -0.2) is 4.98 Å². The third-order valence-corrected chi connectivity index (χ3v) is 4.82. The summed E-state index contributed by atoms with van der Waals surface area (Å²) in [5.41, 5.74) is 5.19. The van der Waals surface area contributed by atoms with Crippen molar-refractivity contribution < 1.29 is 0 Å². The van der Waals surface area contributed by atoms with Gasteiger partial charge in [0.05, 0.1) is 0 Å². The van der Waals surface area contributed by atoms with E-state index in [1.807, 2.05) is 12.3 Å². The summed E-state index contributed by atoms with van der Waals surface area (Å²) in [5.74, 6) is 0.972. The van der Waals surface area contributed by atoms with E-state index in [9.17, 15) is 0 Å². The minimum absolute atomic E-state index is 0.00722. The summed E-state index contributed by atoms with van der Waals surface area (Å²) in [7, 11) is 0. The van der Waals surface area contributed by atoms with Gasteiger partial charge in [0.25, 0.3) is 0 Å². The number of anilines is 1. The van der Waals surface area contributed by atoms with Crippen LogP contribution in [0.25, 0.3) is 0 Å². The van der Waals surface area contributed by atoms with Crippen LogP contribution in [0.15, 0.2) is 53.3 Å². The fourth-order valence-electron chi connectivity index (χ4n) is 3.36. The van der Waals surface area contributed by atoms with E-state index in [4.69, 9.17) is 0 Å². The molecular weight excluding hydrogens is 300 g/mol. The first kappa shape index (κ1) is 11.2. The Morgan fingerprint density at radius 3 is 2.95 bits per heavy atom. The van der Waals surface area contributed by atoms with E-state index in [0.29, 0.717) is 0 Å². The van der Waals surface area contributed by atoms with E-state index >= 15 is 0 Å². The average Bonchev–Trinajstić information content (AvgIpc) is 2.90. The van der Waals surface area contributed by atoms with E-state index in [2.05, 4.69) is 57.1 Å². The summed E-state index contributed by atoms with van der Waals surface area (Å²) in [5, 5.41) is 3.36. The fraction of sp³-hybridized carbons (Fsp3) is 0.188. The predicted molar refractivity (Wildman–Crippen MR) is 80.2 cm³/mol. The number of pyridine rings is 1. The number of nitrogens with zero attached hydrogens (tertiary/aromatic N) is 1. The average molecular weight is 313 g/mol. The molecule has 4 rings (SSSR count). The Hall–Kier alpha value is -1.61. The predicted octanol–water partition coefficient (Wildman–Crippen LogP) is 3.82. The number of hydrogen-bond acceptors (Lipinski definition) is 2. The summed E-state index contributed by atoms with van der Waals surface area (Å²) >= 11 is 3.56. The maximum Gasteiger partial charge on any atom is 0.134 e. The molecule has 2 aromatic rings. The molecule has 0 amide bonds. The molecule has 0 saturated carbocycles. The summed E-state index contributed by atoms with van der Waals surface area (Å²) in [6, 6.07) is 10.8. The number of aromatic nitrogens is 1. The number of nitrogens with one attached hydrogen (secondary N) is 1. The topological polar surface area (TPSA) is 24.9 Å². The third kappa shape index (κ3) is 1.45. The molecule has 2 aliphatic rings. The first-order valence-corrected chi connectivity index (χ1v) is 7.17. The van der Waals surface area contributed by atoms with Crippen molar-refractivity contribution in [2.45, 2.75) is 18.3 Å². The lowest BCUT2D eigenvalue weighted by molar-refractivity contribution is 0.560. The molecule has 0 bridgehead atoms. The lowest BCUT2D eigenvalue weighted by atomic mass is 9.78. The van der Waals surface area contributed by atoms with Gasteiger partial charge < -0.3 is 5.32 Å². The Balaban J connectivity index is 1.88. The molecule has 2 nitrogen and oxygen atoms in total. The molecule has 3 heteroatoms. The molecule has 19 heavy (non-hydrogen) atoms. The van der Waals surface area contributed by atoms with E-state index in [1.165, 1.54) is 16.7 Å². The standard InChI is InChI=1S/C16H13BrN2/c1-10-16(14-3-2-6-18-15(14)19-10)8-11-4-5-13(17)7-12(11)9-16/h2-7H,1,8-9H2,(H,18,19). The van der Waals surface area contributed by atoms with Gasteiger partial charge in [0.1, 0.15) is 5.82 Å². The first-order valence-electron chi connectivity index (χ1n) is 6.38. The summed E-state index contributed by atoms with van der Waals surface area (Å²) in [6.45, 7) is 4.25. The Morgan fingerprint density at radius 2 is 2.05 bits per heavy atom. The molecule has 1 aromatic heterocycles. The number of fused-ring (bicyclic) bond motifs is 3. The van der Waals surface area contributed by atoms with Crippen LogP contribution in [0, 0.1) is 0 Å². The monoisotopic (exact) mass is 312 g/mol. The van der Waals surface area contributed by atoms with Gasteiger partial charge in [0, 0.05) is 27.3 Å². The molecular formula is C16H13BrN2. The van der Waals surface area contributed by atoms with E-state index in [0.717, 1.165) is 28.8 Å². The van der Waals surface area contributed by atoms with Gasteiger partial charge in [-0.2, -0.15) is 0 Å². The minimum Gasteiger partial charge on any atom is -0.343 e. The smallest absolute Gasteiger partial charge is 0.134 e. The molecule has 1 N–H and O–H groups in total. The van der Waals surface area contributed by atoms with Gasteiger partial charge in [-0.05, 0) is 42.2 Å². The second kappa shape index (κ2) is 3.70. The minimum atomic E-state index is -0.00722. The highest BCUT2D eigenvalue weighted by molar-refractivity contribution is 9.10. The Morgan fingerprint density at radius 1 is 1.21 bits per heavy atom. The van der Waals surface area contributed by atoms with Gasteiger partial charge >= 0.3 is 0 Å². The molecule has 0 fully saturated rings. The molecule has 1 atom stereocenters. The van der Waals surface area contributed by atoms with E-state index in [-0.39, 0.29) is 5.41 Å². The second-order valence-corrected chi connectivity index (χ2v) is 6.27. The second-order valence-electron chi connectivity index (χ2n) is 5.35. The highest BCUT2D eigenvalue weighted by atomic mass is 79.9. The van der Waals surface area contributed by atoms with Gasteiger partial charge in [-0.1, -0.05) is 34.6 Å². The third-order valence-electron chi connectivity index (χ3n) is 4.32. The molecule has 1 spiro atoms. The molecule has 1 aromatic carbocycles. The van der Waals surface area contributed by atoms with Crippen LogP contribution in [0.3, 0.4) is 0 Å². The molecule has 94 valence electrons. The number of allylic oxidation sites excluding steroid dienone is 1. The van der Waals surface area contributed by atoms with Crippen LogP contribution in [0.2, 0.25) is 0 Å². The number of halogens is 1. The first-order chi connectivity index (χ1) is 9.19. The van der Waals surface area contributed by atoms with Crippen LogP contribution < -0.4 is 5.32 Å². The Bertz CT molecular complexity index is 708. The van der Waals surface area contributed by atoms with Crippen LogP contribution in [-0.2, 0) is 18.3 Å². The zero-order chi connectivity index (χ0) is 13.0. The van der Waals surface area contributed by atoms with Gasteiger partial charge in [-0.3, -0.25) is 0 Å². The highest BCUT2D eigenvalue weighted by Crippen LogP contribution is 2.50. The van der Waals surface area contributed by atoms with E-state index in [1.54, 1.807) is 0 Å². The summed E-state index contributed by atoms with van der Waals surface area (Å²) < 4.78 is 1.14. The van der Waals surface area contributed by atoms with Crippen LogP contribution in [0.5, 0.6) is 0 Å². The van der Waals surface area contributed by atoms with Crippen LogP contribution in [-0.4, -0.2) is 4.98 Å². The van der Waals surface area contributed by atoms with Crippen molar-refractivity contribution in [1.82, 2.24) is 4.98 Å². The fourth-order valence-corrected chi connectivity index (χ4v) is 3.77. The molecule has 1 aliphatic heterocycles. The van der Waals surface area contributed by atoms with Crippen molar-refractivity contribution in [2.24, 2.45) is 0 Å². The molecule has 0 saturated heterocycles. The van der Waals surface area contributed by atoms with Crippen molar-refractivity contribution in [3.63, 3.8) is 0 Å². The molecule has 1 unspecified atom stereocenters. The van der Waals surface area contributed by atoms with Crippen molar-refractivity contribution >= 4 is 21.7 Å². The molecule has 2 heterocycles. The van der Waals surface area contributed by atoms with Crippen LogP contribution >= 0.6 is 15.9 Å². The van der Waals surface area contributed by atoms with Crippen molar-refractivity contribution in [3.8, 4) is 0 Å². The number of benzene rings is 1. The maximum atomic E-state index is 4.43. The van der Waals surface area contributed by atoms with Crippen molar-refractivity contribution in [2.75, 3.05) is 5.32 Å². The lowest BCUT2D eigenvalue weighted by Gasteiger charge is -2.24. The van der Waals surface area contributed by atoms with Crippen LogP contribution in [0.4, 0.5) is 5.82 Å². The van der Waals surface area contributed by atoms with Crippen molar-refractivity contribution in [3.05, 3.63) is 70.0 Å². The quantitative estimate of drug-likeness (QED) is 0.800. The summed E-state index contributed by atoms with van der Waals surface area (Å²) in [6.07, 6.45) is 3.85. The van der Waals surface area contributed by atoms with Crippen molar-refractivity contribution in [1.29, 1.82) is 0 Å². The highest BCUT2D eigenvalue weighted by Gasteiger charge is 2.46. The van der Waals surface area contributed by atoms with Gasteiger partial charge in [0.15, 0.2) is 0 Å². The summed E-state index contributed by atoms with van der Waals surface area (Å²) in [4.78, 5) is 4.43. The Kier molecular flexibility index (Phi) is 2.19. The van der Waals surface area contributed by atoms with Gasteiger partial charge in [0.2, 0.25) is 0 Å². The maximum absolute atomic E-state index is 4.43. The lowest BCUT2D eigenvalue weighted by Crippen LogP contribution is -2.26. The largest absolute Gasteiger partial charge is 0.343 e. The van der Waals surface area contributed by atoms with Gasteiger partial charge in [-0.15, -0.1) is 0 Å². The zero-order valence-electron chi connectivity index (χ0n) is 10.4.